The fourth-order valence-corrected chi connectivity index (χ4v) is 3.76. The third kappa shape index (κ3) is 3.11. The van der Waals surface area contributed by atoms with Crippen LogP contribution in [0, 0.1) is 13.8 Å². The van der Waals surface area contributed by atoms with Gasteiger partial charge in [0, 0.05) is 19.0 Å². The Morgan fingerprint density at radius 1 is 1.37 bits per heavy atom. The van der Waals surface area contributed by atoms with Crippen molar-refractivity contribution < 1.29 is 13.2 Å². The van der Waals surface area contributed by atoms with E-state index < -0.39 is 10.0 Å². The van der Waals surface area contributed by atoms with Crippen molar-refractivity contribution in [1.82, 2.24) is 4.31 Å². The minimum atomic E-state index is -3.45. The van der Waals surface area contributed by atoms with E-state index in [1.54, 1.807) is 12.1 Å². The Kier molecular flexibility index (Phi) is 4.50. The Bertz CT molecular complexity index is 559. The highest BCUT2D eigenvalue weighted by atomic mass is 35.5. The van der Waals surface area contributed by atoms with Crippen LogP contribution in [0.1, 0.15) is 11.1 Å². The first-order chi connectivity index (χ1) is 8.95. The average molecular weight is 304 g/mol. The molecule has 0 bridgehead atoms. The van der Waals surface area contributed by atoms with Crippen LogP contribution in [0.4, 0.5) is 0 Å². The fraction of sp³-hybridized carbons (Fsp3) is 0.538. The summed E-state index contributed by atoms with van der Waals surface area (Å²) in [6, 6.07) is 5.21. The van der Waals surface area contributed by atoms with Crippen molar-refractivity contribution in [1.29, 1.82) is 0 Å². The molecule has 0 amide bonds. The summed E-state index contributed by atoms with van der Waals surface area (Å²) in [6.45, 7) is 4.96. The van der Waals surface area contributed by atoms with Crippen LogP contribution >= 0.6 is 11.6 Å². The minimum Gasteiger partial charge on any atom is -0.374 e. The molecule has 4 nitrogen and oxygen atoms in total. The highest BCUT2D eigenvalue weighted by Crippen LogP contribution is 2.21. The van der Waals surface area contributed by atoms with Gasteiger partial charge in [0.2, 0.25) is 10.0 Å². The van der Waals surface area contributed by atoms with Crippen LogP contribution in [0.2, 0.25) is 0 Å². The van der Waals surface area contributed by atoms with Gasteiger partial charge < -0.3 is 4.74 Å². The standard InChI is InChI=1S/C13H18ClNO3S/c1-10-3-4-13(7-11(10)2)19(16,17)15-5-6-18-12(8-14)9-15/h3-4,7,12H,5-6,8-9H2,1-2H3. The molecule has 1 aromatic rings. The predicted octanol–water partition coefficient (Wildman–Crippen LogP) is 1.93. The molecule has 1 aliphatic rings. The van der Waals surface area contributed by atoms with Gasteiger partial charge in [-0.15, -0.1) is 11.6 Å². The Labute approximate surface area is 119 Å². The predicted molar refractivity (Wildman–Crippen MR) is 75.1 cm³/mol. The number of halogens is 1. The lowest BCUT2D eigenvalue weighted by molar-refractivity contribution is 0.0122. The lowest BCUT2D eigenvalue weighted by Gasteiger charge is -2.31. The maximum Gasteiger partial charge on any atom is 0.243 e. The zero-order chi connectivity index (χ0) is 14.0. The second-order valence-electron chi connectivity index (χ2n) is 4.76. The number of hydrogen-bond acceptors (Lipinski definition) is 3. The maximum atomic E-state index is 12.5. The lowest BCUT2D eigenvalue weighted by Crippen LogP contribution is -2.46. The smallest absolute Gasteiger partial charge is 0.243 e. The summed E-state index contributed by atoms with van der Waals surface area (Å²) in [7, 11) is -3.45. The molecule has 1 fully saturated rings. The highest BCUT2D eigenvalue weighted by Gasteiger charge is 2.30. The average Bonchev–Trinajstić information content (AvgIpc) is 2.41. The van der Waals surface area contributed by atoms with Crippen molar-refractivity contribution in [3.05, 3.63) is 29.3 Å². The molecule has 0 aromatic heterocycles. The molecule has 0 saturated carbocycles. The number of hydrogen-bond donors (Lipinski definition) is 0. The van der Waals surface area contributed by atoms with Crippen molar-refractivity contribution in [3.8, 4) is 0 Å². The Morgan fingerprint density at radius 2 is 2.11 bits per heavy atom. The fourth-order valence-electron chi connectivity index (χ4n) is 2.03. The number of benzene rings is 1. The molecule has 6 heteroatoms. The van der Waals surface area contributed by atoms with E-state index in [0.717, 1.165) is 11.1 Å². The van der Waals surface area contributed by atoms with Crippen molar-refractivity contribution in [2.75, 3.05) is 25.6 Å². The van der Waals surface area contributed by atoms with Crippen LogP contribution in [0.5, 0.6) is 0 Å². The number of rotatable bonds is 3. The summed E-state index contributed by atoms with van der Waals surface area (Å²) < 4.78 is 31.9. The molecule has 0 N–H and O–H groups in total. The van der Waals surface area contributed by atoms with E-state index >= 15 is 0 Å². The van der Waals surface area contributed by atoms with E-state index in [1.807, 2.05) is 19.9 Å². The third-order valence-electron chi connectivity index (χ3n) is 3.39. The van der Waals surface area contributed by atoms with Gasteiger partial charge in [-0.25, -0.2) is 8.42 Å². The van der Waals surface area contributed by atoms with E-state index in [9.17, 15) is 8.42 Å². The van der Waals surface area contributed by atoms with Crippen LogP contribution in [-0.4, -0.2) is 44.4 Å². The quantitative estimate of drug-likeness (QED) is 0.802. The number of morpholine rings is 1. The van der Waals surface area contributed by atoms with E-state index in [-0.39, 0.29) is 6.10 Å². The van der Waals surface area contributed by atoms with E-state index in [4.69, 9.17) is 16.3 Å². The zero-order valence-corrected chi connectivity index (χ0v) is 12.7. The molecule has 1 unspecified atom stereocenters. The summed E-state index contributed by atoms with van der Waals surface area (Å²) in [5.74, 6) is 0.305. The van der Waals surface area contributed by atoms with E-state index in [2.05, 4.69) is 0 Å². The first-order valence-corrected chi connectivity index (χ1v) is 8.17. The first kappa shape index (κ1) is 14.8. The minimum absolute atomic E-state index is 0.225. The van der Waals surface area contributed by atoms with Gasteiger partial charge in [0.25, 0.3) is 0 Å². The monoisotopic (exact) mass is 303 g/mol. The molecule has 0 spiro atoms. The normalized spacial score (nSPS) is 21.5. The Morgan fingerprint density at radius 3 is 2.74 bits per heavy atom. The number of nitrogens with zero attached hydrogens (tertiary/aromatic N) is 1. The number of alkyl halides is 1. The molecule has 19 heavy (non-hydrogen) atoms. The molecule has 0 radical (unpaired) electrons. The molecule has 0 aliphatic carbocycles. The van der Waals surface area contributed by atoms with Gasteiger partial charge >= 0.3 is 0 Å². The van der Waals surface area contributed by atoms with Gasteiger partial charge in [-0.05, 0) is 37.1 Å². The van der Waals surface area contributed by atoms with Crippen LogP contribution in [0.25, 0.3) is 0 Å². The molecule has 2 rings (SSSR count). The number of sulfonamides is 1. The summed E-state index contributed by atoms with van der Waals surface area (Å²) in [4.78, 5) is 0.339. The van der Waals surface area contributed by atoms with Gasteiger partial charge in [0.15, 0.2) is 0 Å². The second kappa shape index (κ2) is 5.79. The van der Waals surface area contributed by atoms with Gasteiger partial charge in [0.1, 0.15) is 0 Å². The Hall–Kier alpha value is -0.620. The molecule has 106 valence electrons. The van der Waals surface area contributed by atoms with Crippen molar-refractivity contribution in [2.24, 2.45) is 0 Å². The van der Waals surface area contributed by atoms with Crippen molar-refractivity contribution >= 4 is 21.6 Å². The van der Waals surface area contributed by atoms with Crippen LogP contribution in [-0.2, 0) is 14.8 Å². The van der Waals surface area contributed by atoms with Gasteiger partial charge in [0.05, 0.1) is 17.6 Å². The summed E-state index contributed by atoms with van der Waals surface area (Å²) in [5.41, 5.74) is 2.06. The summed E-state index contributed by atoms with van der Waals surface area (Å²) in [6.07, 6.45) is -0.225. The molecule has 1 aliphatic heterocycles. The topological polar surface area (TPSA) is 46.6 Å². The Balaban J connectivity index is 2.28. The van der Waals surface area contributed by atoms with Crippen LogP contribution < -0.4 is 0 Å². The number of ether oxygens (including phenoxy) is 1. The first-order valence-electron chi connectivity index (χ1n) is 6.20. The van der Waals surface area contributed by atoms with Gasteiger partial charge in [-0.3, -0.25) is 0 Å². The molecule has 1 atom stereocenters. The van der Waals surface area contributed by atoms with Crippen molar-refractivity contribution in [2.45, 2.75) is 24.8 Å². The van der Waals surface area contributed by atoms with Crippen LogP contribution in [0.15, 0.2) is 23.1 Å². The van der Waals surface area contributed by atoms with E-state index in [1.165, 1.54) is 4.31 Å². The van der Waals surface area contributed by atoms with Gasteiger partial charge in [-0.1, -0.05) is 6.07 Å². The molecule has 1 aromatic carbocycles. The van der Waals surface area contributed by atoms with Crippen molar-refractivity contribution in [3.63, 3.8) is 0 Å². The molecule has 1 saturated heterocycles. The third-order valence-corrected chi connectivity index (χ3v) is 5.60. The highest BCUT2D eigenvalue weighted by molar-refractivity contribution is 7.89. The lowest BCUT2D eigenvalue weighted by atomic mass is 10.1. The van der Waals surface area contributed by atoms with Gasteiger partial charge in [-0.2, -0.15) is 4.31 Å². The molecule has 1 heterocycles. The largest absolute Gasteiger partial charge is 0.374 e. The molecular formula is C13H18ClNO3S. The maximum absolute atomic E-state index is 12.5. The molecular weight excluding hydrogens is 286 g/mol. The van der Waals surface area contributed by atoms with Crippen LogP contribution in [0.3, 0.4) is 0 Å². The summed E-state index contributed by atoms with van der Waals surface area (Å²) in [5, 5.41) is 0. The second-order valence-corrected chi connectivity index (χ2v) is 7.00. The number of aryl methyl sites for hydroxylation is 2. The SMILES string of the molecule is Cc1ccc(S(=O)(=O)N2CCOC(CCl)C2)cc1C. The zero-order valence-electron chi connectivity index (χ0n) is 11.1. The van der Waals surface area contributed by atoms with E-state index in [0.29, 0.717) is 30.5 Å². The summed E-state index contributed by atoms with van der Waals surface area (Å²) >= 11 is 5.74.